The highest BCUT2D eigenvalue weighted by Gasteiger charge is 2.44. The lowest BCUT2D eigenvalue weighted by atomic mass is 9.83. The Morgan fingerprint density at radius 1 is 1.69 bits per heavy atom. The molecular formula is C11H15N3O2. The average molecular weight is 221 g/mol. The second-order valence-electron chi connectivity index (χ2n) is 4.54. The van der Waals surface area contributed by atoms with E-state index in [4.69, 9.17) is 4.42 Å². The molecule has 0 radical (unpaired) electrons. The van der Waals surface area contributed by atoms with Crippen LogP contribution >= 0.6 is 0 Å². The van der Waals surface area contributed by atoms with Crippen LogP contribution in [0, 0.1) is 12.8 Å². The summed E-state index contributed by atoms with van der Waals surface area (Å²) in [5.41, 5.74) is 0.683. The van der Waals surface area contributed by atoms with Crippen LogP contribution in [-0.2, 0) is 0 Å². The Morgan fingerprint density at radius 2 is 2.56 bits per heavy atom. The molecule has 1 amide bonds. The molecule has 3 rings (SSSR count). The molecule has 2 atom stereocenters. The number of aryl methyl sites for hydroxylation is 1. The van der Waals surface area contributed by atoms with Crippen molar-refractivity contribution in [1.82, 2.24) is 15.2 Å². The molecule has 2 aliphatic heterocycles. The fraction of sp³-hybridized carbons (Fsp3) is 0.636. The Hall–Kier alpha value is -1.36. The molecule has 2 unspecified atom stereocenters. The van der Waals surface area contributed by atoms with Crippen LogP contribution in [0.1, 0.15) is 22.7 Å². The van der Waals surface area contributed by atoms with Gasteiger partial charge in [-0.3, -0.25) is 4.79 Å². The number of carbonyl (C=O) groups excluding carboxylic acids is 1. The van der Waals surface area contributed by atoms with Crippen molar-refractivity contribution in [1.29, 1.82) is 0 Å². The normalized spacial score (nSPS) is 28.4. The van der Waals surface area contributed by atoms with Gasteiger partial charge in [0.25, 0.3) is 5.91 Å². The van der Waals surface area contributed by atoms with E-state index in [9.17, 15) is 4.79 Å². The van der Waals surface area contributed by atoms with Crippen molar-refractivity contribution >= 4 is 5.91 Å². The first kappa shape index (κ1) is 9.84. The second kappa shape index (κ2) is 3.59. The molecule has 0 aromatic carbocycles. The van der Waals surface area contributed by atoms with Gasteiger partial charge in [0, 0.05) is 25.0 Å². The zero-order valence-corrected chi connectivity index (χ0v) is 9.27. The van der Waals surface area contributed by atoms with E-state index in [0.717, 1.165) is 26.1 Å². The Morgan fingerprint density at radius 3 is 3.25 bits per heavy atom. The Labute approximate surface area is 93.8 Å². The minimum atomic E-state index is -0.00171. The summed E-state index contributed by atoms with van der Waals surface area (Å²) in [6, 6.07) is 0.401. The fourth-order valence-electron chi connectivity index (χ4n) is 2.63. The molecule has 2 fully saturated rings. The van der Waals surface area contributed by atoms with Gasteiger partial charge in [0.2, 0.25) is 5.76 Å². The van der Waals surface area contributed by atoms with Gasteiger partial charge in [-0.2, -0.15) is 0 Å². The maximum atomic E-state index is 12.1. The summed E-state index contributed by atoms with van der Waals surface area (Å²) in [5.74, 6) is 1.02. The molecule has 16 heavy (non-hydrogen) atoms. The summed E-state index contributed by atoms with van der Waals surface area (Å²) in [6.07, 6.45) is 2.38. The standard InChI is InChI=1S/C11H15N3O2/c1-7-10(16-6-13-7)11(15)14-5-8-4-12-3-2-9(8)14/h6,8-9,12H,2-5H2,1H3. The van der Waals surface area contributed by atoms with Gasteiger partial charge in [0.1, 0.15) is 0 Å². The monoisotopic (exact) mass is 221 g/mol. The van der Waals surface area contributed by atoms with E-state index in [2.05, 4.69) is 10.3 Å². The number of aromatic nitrogens is 1. The number of hydrogen-bond donors (Lipinski definition) is 1. The number of nitrogens with zero attached hydrogens (tertiary/aromatic N) is 2. The molecule has 2 saturated heterocycles. The van der Waals surface area contributed by atoms with Crippen molar-refractivity contribution in [2.24, 2.45) is 5.92 Å². The van der Waals surface area contributed by atoms with E-state index in [1.165, 1.54) is 6.39 Å². The van der Waals surface area contributed by atoms with Gasteiger partial charge in [-0.25, -0.2) is 4.98 Å². The number of carbonyl (C=O) groups is 1. The van der Waals surface area contributed by atoms with E-state index in [1.807, 2.05) is 4.90 Å². The second-order valence-corrected chi connectivity index (χ2v) is 4.54. The number of amides is 1. The third-order valence-corrected chi connectivity index (χ3v) is 3.60. The number of fused-ring (bicyclic) bond motifs is 1. The number of piperidine rings is 1. The Kier molecular flexibility index (Phi) is 2.21. The van der Waals surface area contributed by atoms with Gasteiger partial charge < -0.3 is 14.6 Å². The van der Waals surface area contributed by atoms with Crippen molar-refractivity contribution < 1.29 is 9.21 Å². The smallest absolute Gasteiger partial charge is 0.291 e. The molecule has 0 spiro atoms. The lowest BCUT2D eigenvalue weighted by Crippen LogP contribution is -2.64. The minimum absolute atomic E-state index is 0.00171. The lowest BCUT2D eigenvalue weighted by Gasteiger charge is -2.50. The Balaban J connectivity index is 1.75. The minimum Gasteiger partial charge on any atom is -0.438 e. The maximum Gasteiger partial charge on any atom is 0.291 e. The average Bonchev–Trinajstić information content (AvgIpc) is 2.66. The molecule has 2 aliphatic rings. The summed E-state index contributed by atoms with van der Waals surface area (Å²) >= 11 is 0. The van der Waals surface area contributed by atoms with E-state index < -0.39 is 0 Å². The third-order valence-electron chi connectivity index (χ3n) is 3.60. The van der Waals surface area contributed by atoms with Crippen LogP contribution in [0.15, 0.2) is 10.8 Å². The highest BCUT2D eigenvalue weighted by atomic mass is 16.3. The third kappa shape index (κ3) is 1.35. The van der Waals surface area contributed by atoms with Crippen molar-refractivity contribution in [3.05, 3.63) is 17.8 Å². The highest BCUT2D eigenvalue weighted by Crippen LogP contribution is 2.31. The molecule has 1 aromatic rings. The van der Waals surface area contributed by atoms with Gasteiger partial charge in [-0.15, -0.1) is 0 Å². The summed E-state index contributed by atoms with van der Waals surface area (Å²) in [5, 5.41) is 3.35. The number of likely N-dealkylation sites (tertiary alicyclic amines) is 1. The van der Waals surface area contributed by atoms with Crippen LogP contribution in [0.4, 0.5) is 0 Å². The fourth-order valence-corrected chi connectivity index (χ4v) is 2.63. The molecule has 1 N–H and O–H groups in total. The van der Waals surface area contributed by atoms with Gasteiger partial charge in [-0.05, 0) is 19.9 Å². The summed E-state index contributed by atoms with van der Waals surface area (Å²) in [4.78, 5) is 18.0. The molecule has 1 aromatic heterocycles. The van der Waals surface area contributed by atoms with Crippen LogP contribution < -0.4 is 5.32 Å². The van der Waals surface area contributed by atoms with E-state index in [-0.39, 0.29) is 5.91 Å². The lowest BCUT2D eigenvalue weighted by molar-refractivity contribution is 0.0000168. The number of nitrogens with one attached hydrogen (secondary N) is 1. The molecule has 0 saturated carbocycles. The van der Waals surface area contributed by atoms with Gasteiger partial charge in [0.15, 0.2) is 6.39 Å². The number of hydrogen-bond acceptors (Lipinski definition) is 4. The zero-order valence-electron chi connectivity index (χ0n) is 9.27. The molecular weight excluding hydrogens is 206 g/mol. The highest BCUT2D eigenvalue weighted by molar-refractivity contribution is 5.93. The quantitative estimate of drug-likeness (QED) is 0.746. The number of oxazole rings is 1. The van der Waals surface area contributed by atoms with Crippen molar-refractivity contribution in [2.45, 2.75) is 19.4 Å². The first-order chi connectivity index (χ1) is 7.77. The van der Waals surface area contributed by atoms with Crippen molar-refractivity contribution in [3.8, 4) is 0 Å². The molecule has 0 aliphatic carbocycles. The van der Waals surface area contributed by atoms with Crippen molar-refractivity contribution in [2.75, 3.05) is 19.6 Å². The van der Waals surface area contributed by atoms with Crippen LogP contribution in [-0.4, -0.2) is 41.5 Å². The van der Waals surface area contributed by atoms with Crippen LogP contribution in [0.3, 0.4) is 0 Å². The molecule has 5 nitrogen and oxygen atoms in total. The predicted octanol–water partition coefficient (Wildman–Crippen LogP) is 0.417. The summed E-state index contributed by atoms with van der Waals surface area (Å²) < 4.78 is 5.14. The van der Waals surface area contributed by atoms with Crippen molar-refractivity contribution in [3.63, 3.8) is 0 Å². The summed E-state index contributed by atoms with van der Waals surface area (Å²) in [6.45, 7) is 4.68. The zero-order chi connectivity index (χ0) is 11.1. The summed E-state index contributed by atoms with van der Waals surface area (Å²) in [7, 11) is 0. The van der Waals surface area contributed by atoms with E-state index in [1.54, 1.807) is 6.92 Å². The molecule has 0 bridgehead atoms. The SMILES string of the molecule is Cc1ncoc1C(=O)N1CC2CNCCC21. The van der Waals surface area contributed by atoms with Gasteiger partial charge >= 0.3 is 0 Å². The largest absolute Gasteiger partial charge is 0.438 e. The number of rotatable bonds is 1. The maximum absolute atomic E-state index is 12.1. The van der Waals surface area contributed by atoms with Gasteiger partial charge in [0.05, 0.1) is 5.69 Å². The molecule has 3 heterocycles. The molecule has 5 heteroatoms. The van der Waals surface area contributed by atoms with E-state index in [0.29, 0.717) is 23.4 Å². The first-order valence-electron chi connectivity index (χ1n) is 5.69. The molecule has 86 valence electrons. The Bertz CT molecular complexity index is 415. The predicted molar refractivity (Wildman–Crippen MR) is 57.0 cm³/mol. The van der Waals surface area contributed by atoms with Crippen LogP contribution in [0.25, 0.3) is 0 Å². The van der Waals surface area contributed by atoms with Gasteiger partial charge in [-0.1, -0.05) is 0 Å². The van der Waals surface area contributed by atoms with Crippen LogP contribution in [0.5, 0.6) is 0 Å². The van der Waals surface area contributed by atoms with Crippen LogP contribution in [0.2, 0.25) is 0 Å². The topological polar surface area (TPSA) is 58.4 Å². The first-order valence-corrected chi connectivity index (χ1v) is 5.69. The van der Waals surface area contributed by atoms with E-state index >= 15 is 0 Å².